The Bertz CT molecular complexity index is 789. The van der Waals surface area contributed by atoms with Crippen LogP contribution in [0.2, 0.25) is 0 Å². The first-order valence-corrected chi connectivity index (χ1v) is 6.45. The molecule has 0 fully saturated rings. The number of carbonyl (C=O) groups excluding carboxylic acids is 1. The minimum atomic E-state index is -0.117. The van der Waals surface area contributed by atoms with Gasteiger partial charge in [-0.1, -0.05) is 17.7 Å². The highest BCUT2D eigenvalue weighted by atomic mass is 16.1. The van der Waals surface area contributed by atoms with Gasteiger partial charge in [0.1, 0.15) is 0 Å². The third-order valence-corrected chi connectivity index (χ3v) is 3.31. The molecule has 0 aliphatic carbocycles. The highest BCUT2D eigenvalue weighted by Gasteiger charge is 2.09. The van der Waals surface area contributed by atoms with Crippen LogP contribution in [-0.2, 0) is 0 Å². The van der Waals surface area contributed by atoms with Crippen molar-refractivity contribution in [2.45, 2.75) is 13.8 Å². The number of amides is 1. The van der Waals surface area contributed by atoms with Gasteiger partial charge in [0.25, 0.3) is 5.91 Å². The van der Waals surface area contributed by atoms with Crippen molar-refractivity contribution in [3.8, 4) is 0 Å². The Morgan fingerprint density at radius 1 is 1.15 bits per heavy atom. The van der Waals surface area contributed by atoms with E-state index in [-0.39, 0.29) is 5.91 Å². The average Bonchev–Trinajstić information content (AvgIpc) is 2.89. The van der Waals surface area contributed by atoms with Crippen LogP contribution in [0.25, 0.3) is 11.0 Å². The highest BCUT2D eigenvalue weighted by molar-refractivity contribution is 6.06. The van der Waals surface area contributed by atoms with Gasteiger partial charge in [0.15, 0.2) is 0 Å². The normalized spacial score (nSPS) is 10.7. The lowest BCUT2D eigenvalue weighted by molar-refractivity contribution is 0.102. The number of rotatable bonds is 2. The molecule has 1 amide bonds. The molecule has 0 unspecified atom stereocenters. The summed E-state index contributed by atoms with van der Waals surface area (Å²) in [7, 11) is 0. The van der Waals surface area contributed by atoms with Crippen molar-refractivity contribution in [3.63, 3.8) is 0 Å². The number of nitrogens with one attached hydrogen (secondary N) is 2. The second-order valence-corrected chi connectivity index (χ2v) is 4.91. The van der Waals surface area contributed by atoms with Gasteiger partial charge >= 0.3 is 0 Å². The van der Waals surface area contributed by atoms with E-state index in [0.29, 0.717) is 5.56 Å². The van der Waals surface area contributed by atoms with E-state index < -0.39 is 0 Å². The first-order valence-electron chi connectivity index (χ1n) is 6.45. The van der Waals surface area contributed by atoms with Gasteiger partial charge in [-0.3, -0.25) is 4.79 Å². The molecule has 2 N–H and O–H groups in total. The molecule has 3 aromatic rings. The maximum Gasteiger partial charge on any atom is 0.255 e. The fourth-order valence-electron chi connectivity index (χ4n) is 2.23. The topological polar surface area (TPSA) is 57.8 Å². The smallest absolute Gasteiger partial charge is 0.255 e. The number of hydrogen-bond acceptors (Lipinski definition) is 2. The molecule has 20 heavy (non-hydrogen) atoms. The Labute approximate surface area is 116 Å². The van der Waals surface area contributed by atoms with Crippen molar-refractivity contribution in [3.05, 3.63) is 59.4 Å². The van der Waals surface area contributed by atoms with Crippen LogP contribution >= 0.6 is 0 Å². The monoisotopic (exact) mass is 265 g/mol. The van der Waals surface area contributed by atoms with Gasteiger partial charge in [-0.25, -0.2) is 4.98 Å². The van der Waals surface area contributed by atoms with Crippen LogP contribution in [0.1, 0.15) is 21.5 Å². The number of nitrogens with zero attached hydrogens (tertiary/aromatic N) is 1. The molecule has 4 heteroatoms. The lowest BCUT2D eigenvalue weighted by Crippen LogP contribution is -2.12. The second-order valence-electron chi connectivity index (χ2n) is 4.91. The largest absolute Gasteiger partial charge is 0.345 e. The number of anilines is 1. The molecule has 2 aromatic carbocycles. The molecule has 0 atom stereocenters. The van der Waals surface area contributed by atoms with Crippen LogP contribution in [0.5, 0.6) is 0 Å². The molecule has 1 heterocycles. The first kappa shape index (κ1) is 12.4. The van der Waals surface area contributed by atoms with Crippen molar-refractivity contribution in [1.29, 1.82) is 0 Å². The lowest BCUT2D eigenvalue weighted by atomic mass is 10.1. The third kappa shape index (κ3) is 2.28. The molecule has 4 nitrogen and oxygen atoms in total. The summed E-state index contributed by atoms with van der Waals surface area (Å²) < 4.78 is 0. The fraction of sp³-hybridized carbons (Fsp3) is 0.125. The van der Waals surface area contributed by atoms with Crippen molar-refractivity contribution >= 4 is 22.6 Å². The van der Waals surface area contributed by atoms with Gasteiger partial charge in [-0.2, -0.15) is 0 Å². The number of benzene rings is 2. The Balaban J connectivity index is 1.88. The molecule has 3 rings (SSSR count). The van der Waals surface area contributed by atoms with Crippen molar-refractivity contribution in [1.82, 2.24) is 9.97 Å². The number of aromatic amines is 1. The Hall–Kier alpha value is -2.62. The summed E-state index contributed by atoms with van der Waals surface area (Å²) in [5.41, 5.74) is 5.40. The summed E-state index contributed by atoms with van der Waals surface area (Å²) in [6.07, 6.45) is 1.62. The van der Waals surface area contributed by atoms with Crippen molar-refractivity contribution in [2.24, 2.45) is 0 Å². The zero-order chi connectivity index (χ0) is 14.1. The maximum absolute atomic E-state index is 12.3. The van der Waals surface area contributed by atoms with Crippen LogP contribution in [0.3, 0.4) is 0 Å². The third-order valence-electron chi connectivity index (χ3n) is 3.31. The summed E-state index contributed by atoms with van der Waals surface area (Å²) in [4.78, 5) is 19.4. The average molecular weight is 265 g/mol. The lowest BCUT2D eigenvalue weighted by Gasteiger charge is -2.09. The first-order chi connectivity index (χ1) is 9.63. The molecular weight excluding hydrogens is 250 g/mol. The van der Waals surface area contributed by atoms with Crippen LogP contribution in [0.15, 0.2) is 42.7 Å². The summed E-state index contributed by atoms with van der Waals surface area (Å²) in [5.74, 6) is -0.117. The number of hydrogen-bond donors (Lipinski definition) is 2. The van der Waals surface area contributed by atoms with E-state index in [1.54, 1.807) is 18.5 Å². The van der Waals surface area contributed by atoms with E-state index in [9.17, 15) is 4.79 Å². The zero-order valence-electron chi connectivity index (χ0n) is 11.4. The van der Waals surface area contributed by atoms with Gasteiger partial charge in [0.2, 0.25) is 0 Å². The number of aromatic nitrogens is 2. The van der Waals surface area contributed by atoms with Crippen LogP contribution < -0.4 is 5.32 Å². The molecule has 0 aliphatic heterocycles. The minimum absolute atomic E-state index is 0.117. The Kier molecular flexibility index (Phi) is 2.99. The molecule has 0 saturated carbocycles. The summed E-state index contributed by atoms with van der Waals surface area (Å²) in [6.45, 7) is 4.02. The van der Waals surface area contributed by atoms with Crippen LogP contribution in [0.4, 0.5) is 5.69 Å². The predicted octanol–water partition coefficient (Wildman–Crippen LogP) is 3.43. The van der Waals surface area contributed by atoms with Crippen molar-refractivity contribution in [2.75, 3.05) is 5.32 Å². The summed E-state index contributed by atoms with van der Waals surface area (Å²) in [6, 6.07) is 11.4. The molecule has 0 aliphatic rings. The van der Waals surface area contributed by atoms with Gasteiger partial charge in [0, 0.05) is 11.3 Å². The highest BCUT2D eigenvalue weighted by Crippen LogP contribution is 2.18. The molecule has 1 aromatic heterocycles. The molecule has 100 valence electrons. The molecule has 0 bridgehead atoms. The van der Waals surface area contributed by atoms with Gasteiger partial charge in [-0.15, -0.1) is 0 Å². The number of H-pyrrole nitrogens is 1. The van der Waals surface area contributed by atoms with E-state index in [0.717, 1.165) is 22.3 Å². The molecule has 0 spiro atoms. The Morgan fingerprint density at radius 2 is 2.00 bits per heavy atom. The van der Waals surface area contributed by atoms with E-state index in [2.05, 4.69) is 15.3 Å². The standard InChI is InChI=1S/C16H15N3O/c1-10-3-5-13(11(2)7-10)19-16(20)12-4-6-14-15(8-12)18-9-17-14/h3-9H,1-2H3,(H,17,18)(H,19,20). The molecule has 0 radical (unpaired) electrons. The van der Waals surface area contributed by atoms with Gasteiger partial charge < -0.3 is 10.3 Å². The van der Waals surface area contributed by atoms with Crippen LogP contribution in [-0.4, -0.2) is 15.9 Å². The zero-order valence-corrected chi connectivity index (χ0v) is 11.4. The molecule has 0 saturated heterocycles. The second kappa shape index (κ2) is 4.81. The SMILES string of the molecule is Cc1ccc(NC(=O)c2ccc3nc[nH]c3c2)c(C)c1. The van der Waals surface area contributed by atoms with Crippen molar-refractivity contribution < 1.29 is 4.79 Å². The number of fused-ring (bicyclic) bond motifs is 1. The van der Waals surface area contributed by atoms with E-state index in [1.807, 2.05) is 38.1 Å². The quantitative estimate of drug-likeness (QED) is 0.745. The number of imidazole rings is 1. The van der Waals surface area contributed by atoms with Gasteiger partial charge in [-0.05, 0) is 43.7 Å². The Morgan fingerprint density at radius 3 is 2.80 bits per heavy atom. The maximum atomic E-state index is 12.3. The van der Waals surface area contributed by atoms with E-state index in [1.165, 1.54) is 5.56 Å². The van der Waals surface area contributed by atoms with E-state index in [4.69, 9.17) is 0 Å². The summed E-state index contributed by atoms with van der Waals surface area (Å²) in [5, 5.41) is 2.94. The predicted molar refractivity (Wildman–Crippen MR) is 80.0 cm³/mol. The number of aryl methyl sites for hydroxylation is 2. The van der Waals surface area contributed by atoms with Gasteiger partial charge in [0.05, 0.1) is 17.4 Å². The minimum Gasteiger partial charge on any atom is -0.345 e. The molecular formula is C16H15N3O. The van der Waals surface area contributed by atoms with Crippen LogP contribution in [0, 0.1) is 13.8 Å². The fourth-order valence-corrected chi connectivity index (χ4v) is 2.23. The van der Waals surface area contributed by atoms with E-state index >= 15 is 0 Å². The number of carbonyl (C=O) groups is 1. The summed E-state index contributed by atoms with van der Waals surface area (Å²) >= 11 is 0.